The molecule has 1 aromatic carbocycles. The van der Waals surface area contributed by atoms with Crippen molar-refractivity contribution in [2.24, 2.45) is 0 Å². The molecule has 0 saturated heterocycles. The highest BCUT2D eigenvalue weighted by atomic mass is 32.2. The highest BCUT2D eigenvalue weighted by molar-refractivity contribution is 7.89. The maximum absolute atomic E-state index is 12.1. The Hall–Kier alpha value is -1.48. The van der Waals surface area contributed by atoms with Gasteiger partial charge in [0.05, 0.1) is 18.1 Å². The lowest BCUT2D eigenvalue weighted by molar-refractivity contribution is -0.114. The fraction of sp³-hybridized carbons (Fsp3) is 0.562. The minimum absolute atomic E-state index is 0.153. The van der Waals surface area contributed by atoms with Gasteiger partial charge in [-0.15, -0.1) is 0 Å². The Morgan fingerprint density at radius 3 is 2.29 bits per heavy atom. The van der Waals surface area contributed by atoms with E-state index in [-0.39, 0.29) is 17.3 Å². The third kappa shape index (κ3) is 7.39. The van der Waals surface area contributed by atoms with Crippen molar-refractivity contribution >= 4 is 21.6 Å². The van der Waals surface area contributed by atoms with Crippen LogP contribution in [-0.4, -0.2) is 58.6 Å². The number of anilines is 1. The summed E-state index contributed by atoms with van der Waals surface area (Å²) >= 11 is 0. The summed E-state index contributed by atoms with van der Waals surface area (Å²) in [4.78, 5) is 13.3. The zero-order chi connectivity index (χ0) is 18.0. The van der Waals surface area contributed by atoms with Crippen LogP contribution in [-0.2, 0) is 19.6 Å². The Morgan fingerprint density at radius 2 is 1.75 bits per heavy atom. The number of hydrogen-bond acceptors (Lipinski definition) is 5. The summed E-state index contributed by atoms with van der Waals surface area (Å²) < 4.78 is 32.2. The molecule has 0 fully saturated rings. The number of nitrogens with zero attached hydrogens (tertiary/aromatic N) is 1. The number of carbonyl (C=O) groups is 1. The first kappa shape index (κ1) is 20.6. The Morgan fingerprint density at radius 1 is 1.12 bits per heavy atom. The second-order valence-corrected chi connectivity index (χ2v) is 7.01. The van der Waals surface area contributed by atoms with Crippen LogP contribution in [0, 0.1) is 0 Å². The van der Waals surface area contributed by atoms with Crippen molar-refractivity contribution in [3.63, 3.8) is 0 Å². The maximum Gasteiger partial charge on any atom is 0.240 e. The zero-order valence-electron chi connectivity index (χ0n) is 14.5. The Bertz CT molecular complexity index is 598. The summed E-state index contributed by atoms with van der Waals surface area (Å²) in [7, 11) is -3.57. The average Bonchev–Trinajstić information content (AvgIpc) is 2.54. The van der Waals surface area contributed by atoms with E-state index in [0.717, 1.165) is 19.6 Å². The van der Waals surface area contributed by atoms with Crippen LogP contribution >= 0.6 is 0 Å². The van der Waals surface area contributed by atoms with E-state index >= 15 is 0 Å². The number of hydrogen-bond donors (Lipinski definition) is 2. The molecule has 1 amide bonds. The second-order valence-electron chi connectivity index (χ2n) is 5.24. The molecule has 0 aliphatic carbocycles. The molecule has 0 radical (unpaired) electrons. The van der Waals surface area contributed by atoms with E-state index in [9.17, 15) is 13.2 Å². The van der Waals surface area contributed by atoms with Crippen molar-refractivity contribution in [2.45, 2.75) is 25.7 Å². The Kier molecular flexibility index (Phi) is 8.91. The van der Waals surface area contributed by atoms with E-state index < -0.39 is 10.0 Å². The first-order valence-corrected chi connectivity index (χ1v) is 9.54. The summed E-state index contributed by atoms with van der Waals surface area (Å²) in [6.45, 7) is 9.48. The third-order valence-electron chi connectivity index (χ3n) is 3.47. The molecular weight excluding hydrogens is 330 g/mol. The van der Waals surface area contributed by atoms with E-state index in [2.05, 4.69) is 28.8 Å². The summed E-state index contributed by atoms with van der Waals surface area (Å²) in [6.07, 6.45) is 0. The maximum atomic E-state index is 12.1. The molecule has 0 saturated carbocycles. The number of nitrogens with one attached hydrogen (secondary N) is 2. The normalized spacial score (nSPS) is 11.7. The molecule has 0 aromatic heterocycles. The Balaban J connectivity index is 2.37. The summed E-state index contributed by atoms with van der Waals surface area (Å²) in [5.74, 6) is -0.203. The molecule has 2 N–H and O–H groups in total. The third-order valence-corrected chi connectivity index (χ3v) is 4.95. The predicted molar refractivity (Wildman–Crippen MR) is 94.5 cm³/mol. The largest absolute Gasteiger partial charge is 0.379 e. The molecule has 136 valence electrons. The highest BCUT2D eigenvalue weighted by Crippen LogP contribution is 2.13. The minimum atomic E-state index is -3.57. The molecule has 0 unspecified atom stereocenters. The van der Waals surface area contributed by atoms with Crippen molar-refractivity contribution in [3.8, 4) is 0 Å². The van der Waals surface area contributed by atoms with Crippen LogP contribution in [0.3, 0.4) is 0 Å². The number of amides is 1. The van der Waals surface area contributed by atoms with Crippen LogP contribution in [0.2, 0.25) is 0 Å². The fourth-order valence-electron chi connectivity index (χ4n) is 2.09. The molecule has 1 aromatic rings. The molecule has 0 aliphatic heterocycles. The molecule has 1 rings (SSSR count). The van der Waals surface area contributed by atoms with Gasteiger partial charge < -0.3 is 15.0 Å². The van der Waals surface area contributed by atoms with Gasteiger partial charge in [0, 0.05) is 25.7 Å². The first-order valence-electron chi connectivity index (χ1n) is 8.06. The van der Waals surface area contributed by atoms with Crippen molar-refractivity contribution < 1.29 is 17.9 Å². The van der Waals surface area contributed by atoms with Gasteiger partial charge in [0.25, 0.3) is 0 Å². The number of benzene rings is 1. The van der Waals surface area contributed by atoms with Crippen LogP contribution in [0.4, 0.5) is 5.69 Å². The number of sulfonamides is 1. The van der Waals surface area contributed by atoms with Crippen LogP contribution < -0.4 is 10.0 Å². The fourth-order valence-corrected chi connectivity index (χ4v) is 3.10. The van der Waals surface area contributed by atoms with Gasteiger partial charge in [-0.25, -0.2) is 13.1 Å². The molecule has 0 aliphatic rings. The summed E-state index contributed by atoms with van der Waals surface area (Å²) in [6, 6.07) is 6.01. The van der Waals surface area contributed by atoms with Gasteiger partial charge in [-0.3, -0.25) is 4.79 Å². The van der Waals surface area contributed by atoms with Crippen molar-refractivity contribution in [3.05, 3.63) is 24.3 Å². The quantitative estimate of drug-likeness (QED) is 0.583. The topological polar surface area (TPSA) is 87.7 Å². The van der Waals surface area contributed by atoms with E-state index in [1.165, 1.54) is 19.1 Å². The monoisotopic (exact) mass is 357 g/mol. The molecule has 0 bridgehead atoms. The SMILES string of the molecule is CCN(CC)CCOCCNS(=O)(=O)c1ccc(NC(C)=O)cc1. The van der Waals surface area contributed by atoms with Crippen LogP contribution in [0.5, 0.6) is 0 Å². The number of carbonyl (C=O) groups excluding carboxylic acids is 1. The van der Waals surface area contributed by atoms with Gasteiger partial charge in [0.1, 0.15) is 0 Å². The van der Waals surface area contributed by atoms with Gasteiger partial charge in [-0.1, -0.05) is 13.8 Å². The standard InChI is InChI=1S/C16H27N3O4S/c1-4-19(5-2)11-13-23-12-10-17-24(21,22)16-8-6-15(7-9-16)18-14(3)20/h6-9,17H,4-5,10-13H2,1-3H3,(H,18,20). The molecular formula is C16H27N3O4S. The molecule has 0 heterocycles. The molecule has 7 nitrogen and oxygen atoms in total. The van der Waals surface area contributed by atoms with Gasteiger partial charge in [0.2, 0.25) is 15.9 Å². The van der Waals surface area contributed by atoms with Gasteiger partial charge in [0.15, 0.2) is 0 Å². The van der Waals surface area contributed by atoms with Crippen molar-refractivity contribution in [1.29, 1.82) is 0 Å². The van der Waals surface area contributed by atoms with E-state index in [4.69, 9.17) is 4.74 Å². The zero-order valence-corrected chi connectivity index (χ0v) is 15.4. The second kappa shape index (κ2) is 10.4. The highest BCUT2D eigenvalue weighted by Gasteiger charge is 2.13. The average molecular weight is 357 g/mol. The Labute approximate surface area is 144 Å². The summed E-state index contributed by atoms with van der Waals surface area (Å²) in [5.41, 5.74) is 0.557. The molecule has 8 heteroatoms. The van der Waals surface area contributed by atoms with E-state index in [1.807, 2.05) is 0 Å². The first-order chi connectivity index (χ1) is 11.4. The lowest BCUT2D eigenvalue weighted by atomic mass is 10.3. The van der Waals surface area contributed by atoms with Gasteiger partial charge >= 0.3 is 0 Å². The van der Waals surface area contributed by atoms with Gasteiger partial charge in [-0.05, 0) is 37.4 Å². The lowest BCUT2D eigenvalue weighted by Gasteiger charge is -2.17. The van der Waals surface area contributed by atoms with Crippen LogP contribution in [0.1, 0.15) is 20.8 Å². The van der Waals surface area contributed by atoms with Crippen LogP contribution in [0.25, 0.3) is 0 Å². The van der Waals surface area contributed by atoms with E-state index in [1.54, 1.807) is 12.1 Å². The molecule has 24 heavy (non-hydrogen) atoms. The number of rotatable bonds is 11. The van der Waals surface area contributed by atoms with Gasteiger partial charge in [-0.2, -0.15) is 0 Å². The predicted octanol–water partition coefficient (Wildman–Crippen LogP) is 1.28. The molecule has 0 atom stereocenters. The van der Waals surface area contributed by atoms with Crippen LogP contribution in [0.15, 0.2) is 29.2 Å². The summed E-state index contributed by atoms with van der Waals surface area (Å²) in [5, 5.41) is 2.59. The van der Waals surface area contributed by atoms with E-state index in [0.29, 0.717) is 18.9 Å². The smallest absolute Gasteiger partial charge is 0.240 e. The lowest BCUT2D eigenvalue weighted by Crippen LogP contribution is -2.30. The number of likely N-dealkylation sites (N-methyl/N-ethyl adjacent to an activating group) is 1. The number of ether oxygens (including phenoxy) is 1. The van der Waals surface area contributed by atoms with Crippen molar-refractivity contribution in [1.82, 2.24) is 9.62 Å². The van der Waals surface area contributed by atoms with Crippen molar-refractivity contribution in [2.75, 3.05) is 44.7 Å². The molecule has 0 spiro atoms. The minimum Gasteiger partial charge on any atom is -0.379 e.